The smallest absolute Gasteiger partial charge is 0.247 e. The molecule has 43 heavy (non-hydrogen) atoms. The third kappa shape index (κ3) is 5.77. The first-order valence-corrected chi connectivity index (χ1v) is 15.2. The standard InChI is InChI=1S/C36H43N3O4/c1-23(2)25-16-17-27-26(21-25)29(39-42)22-32-35(27,3)18-11-19-36(32,4)34(41)38-30(20-24-12-7-6-8-13-24)33(40)37-28-14-9-10-15-31(28)43-5/h6-10,12-17,21,23,30,32,42H,11,18-20,22H2,1-5H3,(H,37,40)(H,38,41)/b39-29-/t30-,32-,35-,36-/m1/s1. The number of nitrogens with zero attached hydrogens (tertiary/aromatic N) is 1. The van der Waals surface area contributed by atoms with Gasteiger partial charge in [0.2, 0.25) is 11.8 Å². The lowest BCUT2D eigenvalue weighted by Crippen LogP contribution is -2.58. The Balaban J connectivity index is 1.47. The Labute approximate surface area is 254 Å². The summed E-state index contributed by atoms with van der Waals surface area (Å²) in [5.41, 5.74) is 4.37. The molecule has 2 aliphatic carbocycles. The second-order valence-corrected chi connectivity index (χ2v) is 12.9. The molecule has 5 rings (SSSR count). The normalized spacial score (nSPS) is 24.5. The first-order chi connectivity index (χ1) is 20.6. The predicted octanol–water partition coefficient (Wildman–Crippen LogP) is 6.83. The van der Waals surface area contributed by atoms with E-state index >= 15 is 0 Å². The van der Waals surface area contributed by atoms with Crippen LogP contribution < -0.4 is 15.4 Å². The van der Waals surface area contributed by atoms with Crippen LogP contribution in [-0.4, -0.2) is 35.9 Å². The van der Waals surface area contributed by atoms with Gasteiger partial charge in [-0.05, 0) is 71.4 Å². The zero-order valence-corrected chi connectivity index (χ0v) is 25.8. The molecule has 4 atom stereocenters. The number of hydrogen-bond donors (Lipinski definition) is 3. The summed E-state index contributed by atoms with van der Waals surface area (Å²) < 4.78 is 5.44. The Hall–Kier alpha value is -4.13. The van der Waals surface area contributed by atoms with Gasteiger partial charge in [0.1, 0.15) is 11.8 Å². The fourth-order valence-electron chi connectivity index (χ4n) is 7.32. The average Bonchev–Trinajstić information content (AvgIpc) is 3.01. The molecule has 0 unspecified atom stereocenters. The summed E-state index contributed by atoms with van der Waals surface area (Å²) in [5.74, 6) is 0.331. The number of nitrogens with one attached hydrogen (secondary N) is 2. The quantitative estimate of drug-likeness (QED) is 0.201. The van der Waals surface area contributed by atoms with Crippen molar-refractivity contribution in [2.45, 2.75) is 77.2 Å². The van der Waals surface area contributed by atoms with Crippen molar-refractivity contribution in [3.8, 4) is 5.75 Å². The first kappa shape index (κ1) is 30.3. The minimum absolute atomic E-state index is 0.105. The predicted molar refractivity (Wildman–Crippen MR) is 170 cm³/mol. The van der Waals surface area contributed by atoms with E-state index in [1.807, 2.05) is 49.4 Å². The van der Waals surface area contributed by atoms with E-state index in [9.17, 15) is 14.8 Å². The molecular weight excluding hydrogens is 538 g/mol. The highest BCUT2D eigenvalue weighted by atomic mass is 16.5. The van der Waals surface area contributed by atoms with Crippen LogP contribution in [0.15, 0.2) is 78.0 Å². The SMILES string of the molecule is COc1ccccc1NC(=O)[C@@H](Cc1ccccc1)NC(=O)[C@]1(C)CCC[C@]2(C)c3ccc(C(C)C)cc3/C(=N\O)C[C@@H]12. The van der Waals surface area contributed by atoms with Crippen molar-refractivity contribution in [3.63, 3.8) is 0 Å². The van der Waals surface area contributed by atoms with Crippen molar-refractivity contribution >= 4 is 23.2 Å². The van der Waals surface area contributed by atoms with Gasteiger partial charge >= 0.3 is 0 Å². The van der Waals surface area contributed by atoms with Crippen molar-refractivity contribution < 1.29 is 19.5 Å². The summed E-state index contributed by atoms with van der Waals surface area (Å²) >= 11 is 0. The van der Waals surface area contributed by atoms with Crippen LogP contribution in [-0.2, 0) is 21.4 Å². The molecule has 2 amide bonds. The number of ether oxygens (including phenoxy) is 1. The lowest BCUT2D eigenvalue weighted by atomic mass is 9.49. The highest BCUT2D eigenvalue weighted by molar-refractivity contribution is 6.04. The van der Waals surface area contributed by atoms with E-state index in [1.54, 1.807) is 19.2 Å². The van der Waals surface area contributed by atoms with Crippen LogP contribution in [0.4, 0.5) is 5.69 Å². The molecule has 7 heteroatoms. The molecule has 0 aromatic heterocycles. The van der Waals surface area contributed by atoms with Gasteiger partial charge in [0.05, 0.1) is 23.9 Å². The van der Waals surface area contributed by atoms with Crippen LogP contribution in [0.5, 0.6) is 5.75 Å². The fourth-order valence-corrected chi connectivity index (χ4v) is 7.32. The van der Waals surface area contributed by atoms with Gasteiger partial charge in [-0.25, -0.2) is 0 Å². The Kier molecular flexibility index (Phi) is 8.63. The molecule has 0 aliphatic heterocycles. The van der Waals surface area contributed by atoms with Gasteiger partial charge in [-0.1, -0.05) is 93.9 Å². The van der Waals surface area contributed by atoms with Gasteiger partial charge in [0.25, 0.3) is 0 Å². The van der Waals surface area contributed by atoms with Gasteiger partial charge in [-0.3, -0.25) is 9.59 Å². The molecule has 0 saturated heterocycles. The molecule has 1 saturated carbocycles. The maximum Gasteiger partial charge on any atom is 0.247 e. The average molecular weight is 582 g/mol. The molecule has 3 aromatic carbocycles. The number of methoxy groups -OCH3 is 1. The van der Waals surface area contributed by atoms with E-state index in [0.29, 0.717) is 42.3 Å². The number of hydrogen-bond acceptors (Lipinski definition) is 5. The zero-order chi connectivity index (χ0) is 30.8. The largest absolute Gasteiger partial charge is 0.495 e. The summed E-state index contributed by atoms with van der Waals surface area (Å²) in [4.78, 5) is 28.2. The summed E-state index contributed by atoms with van der Waals surface area (Å²) in [5, 5.41) is 20.0. The number of oxime groups is 1. The lowest BCUT2D eigenvalue weighted by Gasteiger charge is -2.54. The Bertz CT molecular complexity index is 1520. The van der Waals surface area contributed by atoms with Crippen LogP contribution in [0, 0.1) is 11.3 Å². The summed E-state index contributed by atoms with van der Waals surface area (Å²) in [7, 11) is 1.56. The molecule has 3 N–H and O–H groups in total. The topological polar surface area (TPSA) is 100 Å². The number of carbonyl (C=O) groups is 2. The highest BCUT2D eigenvalue weighted by Gasteiger charge is 2.56. The van der Waals surface area contributed by atoms with Crippen molar-refractivity contribution in [1.29, 1.82) is 0 Å². The summed E-state index contributed by atoms with van der Waals surface area (Å²) in [6, 6.07) is 22.6. The van der Waals surface area contributed by atoms with Crippen LogP contribution in [0.2, 0.25) is 0 Å². The van der Waals surface area contributed by atoms with Crippen molar-refractivity contribution in [1.82, 2.24) is 5.32 Å². The van der Waals surface area contributed by atoms with Crippen LogP contribution in [0.1, 0.15) is 81.5 Å². The third-order valence-corrected chi connectivity index (χ3v) is 9.87. The fraction of sp³-hybridized carbons (Fsp3) is 0.417. The zero-order valence-electron chi connectivity index (χ0n) is 25.8. The molecule has 1 fully saturated rings. The van der Waals surface area contributed by atoms with E-state index in [-0.39, 0.29) is 23.1 Å². The van der Waals surface area contributed by atoms with Crippen LogP contribution in [0.3, 0.4) is 0 Å². The van der Waals surface area contributed by atoms with E-state index in [2.05, 4.69) is 54.8 Å². The Morgan fingerprint density at radius 3 is 2.44 bits per heavy atom. The molecule has 3 aromatic rings. The second kappa shape index (κ2) is 12.2. The van der Waals surface area contributed by atoms with Crippen LogP contribution in [0.25, 0.3) is 0 Å². The molecule has 0 spiro atoms. The number of fused-ring (bicyclic) bond motifs is 3. The molecule has 0 bridgehead atoms. The maximum atomic E-state index is 14.4. The summed E-state index contributed by atoms with van der Waals surface area (Å²) in [6.45, 7) is 8.58. The molecule has 7 nitrogen and oxygen atoms in total. The number of para-hydroxylation sites is 2. The highest BCUT2D eigenvalue weighted by Crippen LogP contribution is 2.57. The van der Waals surface area contributed by atoms with Gasteiger partial charge < -0.3 is 20.6 Å². The molecule has 0 heterocycles. The molecule has 2 aliphatic rings. The Morgan fingerprint density at radius 1 is 1.02 bits per heavy atom. The number of carbonyl (C=O) groups excluding carboxylic acids is 2. The van der Waals surface area contributed by atoms with Gasteiger partial charge in [-0.2, -0.15) is 0 Å². The number of anilines is 1. The molecular formula is C36H43N3O4. The first-order valence-electron chi connectivity index (χ1n) is 15.2. The van der Waals surface area contributed by atoms with E-state index in [0.717, 1.165) is 29.5 Å². The summed E-state index contributed by atoms with van der Waals surface area (Å²) in [6.07, 6.45) is 3.33. The van der Waals surface area contributed by atoms with Crippen molar-refractivity contribution in [3.05, 3.63) is 95.1 Å². The van der Waals surface area contributed by atoms with Gasteiger partial charge in [0, 0.05) is 12.0 Å². The van der Waals surface area contributed by atoms with E-state index in [4.69, 9.17) is 4.74 Å². The van der Waals surface area contributed by atoms with E-state index < -0.39 is 11.5 Å². The molecule has 226 valence electrons. The number of benzene rings is 3. The minimum atomic E-state index is -0.805. The maximum absolute atomic E-state index is 14.4. The van der Waals surface area contributed by atoms with E-state index in [1.165, 1.54) is 5.56 Å². The van der Waals surface area contributed by atoms with Crippen LogP contribution >= 0.6 is 0 Å². The van der Waals surface area contributed by atoms with Gasteiger partial charge in [0.15, 0.2) is 0 Å². The molecule has 0 radical (unpaired) electrons. The van der Waals surface area contributed by atoms with Gasteiger partial charge in [-0.15, -0.1) is 0 Å². The monoisotopic (exact) mass is 581 g/mol. The van der Waals surface area contributed by atoms with Crippen molar-refractivity contribution in [2.75, 3.05) is 12.4 Å². The minimum Gasteiger partial charge on any atom is -0.495 e. The lowest BCUT2D eigenvalue weighted by molar-refractivity contribution is -0.140. The number of rotatable bonds is 8. The second-order valence-electron chi connectivity index (χ2n) is 12.9. The Morgan fingerprint density at radius 2 is 1.74 bits per heavy atom. The third-order valence-electron chi connectivity index (χ3n) is 9.87. The number of amides is 2. The van der Waals surface area contributed by atoms with Crippen molar-refractivity contribution in [2.24, 2.45) is 16.5 Å².